The summed E-state index contributed by atoms with van der Waals surface area (Å²) in [4.78, 5) is 0. The van der Waals surface area contributed by atoms with Gasteiger partial charge in [0.15, 0.2) is 0 Å². The maximum atomic E-state index is 8.66. The average Bonchev–Trinajstić information content (AvgIpc) is 2.55. The summed E-state index contributed by atoms with van der Waals surface area (Å²) in [6, 6.07) is 0.941. The Balaban J connectivity index is 2.39. The molecule has 0 radical (unpaired) electrons. The van der Waals surface area contributed by atoms with E-state index < -0.39 is 12.7 Å². The van der Waals surface area contributed by atoms with Gasteiger partial charge in [-0.3, -0.25) is 0 Å². The summed E-state index contributed by atoms with van der Waals surface area (Å²) >= 11 is 0. The Morgan fingerprint density at radius 3 is 2.89 bits per heavy atom. The molecular formula is C18H23N. The van der Waals surface area contributed by atoms with Crippen LogP contribution < -0.4 is 0 Å². The highest BCUT2D eigenvalue weighted by Gasteiger charge is 2.15. The molecule has 1 nitrogen and oxygen atoms in total. The Labute approximate surface area is 126 Å². The standard InChI is InChI=1S/C18H23N/c1-14(2)8-13-18(19)17-11-9-16(10-12-17)15-6-4-3-5-7-15/h8-13,15,19H,1,3-7H2,2H3/b13-8-,19-18?/i2D3,9D,10D,11D,15D. The fourth-order valence-electron chi connectivity index (χ4n) is 2.18. The molecule has 1 heteroatoms. The van der Waals surface area contributed by atoms with E-state index in [0.29, 0.717) is 12.8 Å². The van der Waals surface area contributed by atoms with Gasteiger partial charge in [0.25, 0.3) is 0 Å². The number of benzene rings is 1. The van der Waals surface area contributed by atoms with E-state index in [1.807, 2.05) is 0 Å². The van der Waals surface area contributed by atoms with Crippen LogP contribution >= 0.6 is 0 Å². The van der Waals surface area contributed by atoms with Crippen molar-refractivity contribution in [3.63, 3.8) is 0 Å². The summed E-state index contributed by atoms with van der Waals surface area (Å²) in [6.07, 6.45) is 6.33. The Kier molecular flexibility index (Phi) is 2.48. The molecule has 1 N–H and O–H groups in total. The van der Waals surface area contributed by atoms with Crippen LogP contribution in [0.4, 0.5) is 0 Å². The molecule has 0 aromatic heterocycles. The molecule has 0 aliphatic heterocycles. The fraction of sp³-hybridized carbons (Fsp3) is 0.389. The second kappa shape index (κ2) is 6.51. The first kappa shape index (κ1) is 7.23. The number of nitrogens with one attached hydrogen (secondary N) is 1. The minimum Gasteiger partial charge on any atom is -0.300 e. The Morgan fingerprint density at radius 1 is 1.37 bits per heavy atom. The summed E-state index contributed by atoms with van der Waals surface area (Å²) in [5, 5.41) is 8.08. The van der Waals surface area contributed by atoms with Gasteiger partial charge >= 0.3 is 0 Å². The van der Waals surface area contributed by atoms with Crippen molar-refractivity contribution in [3.05, 3.63) is 59.6 Å². The summed E-state index contributed by atoms with van der Waals surface area (Å²) in [7, 11) is 0. The van der Waals surface area contributed by atoms with Crippen LogP contribution in [0.25, 0.3) is 0 Å². The molecule has 0 amide bonds. The summed E-state index contributed by atoms with van der Waals surface area (Å²) in [5.74, 6) is -1.02. The second-order valence-electron chi connectivity index (χ2n) is 4.76. The Hall–Kier alpha value is -1.63. The molecular weight excluding hydrogens is 230 g/mol. The van der Waals surface area contributed by atoms with Crippen molar-refractivity contribution in [2.75, 3.05) is 0 Å². The number of hydrogen-bond acceptors (Lipinski definition) is 1. The van der Waals surface area contributed by atoms with Crippen LogP contribution in [0.5, 0.6) is 0 Å². The third kappa shape index (κ3) is 3.92. The summed E-state index contributed by atoms with van der Waals surface area (Å²) < 4.78 is 55.2. The maximum Gasteiger partial charge on any atom is 0.0630 e. The molecule has 1 aromatic rings. The van der Waals surface area contributed by atoms with Gasteiger partial charge in [0, 0.05) is 5.48 Å². The molecule has 1 aliphatic rings. The minimum absolute atomic E-state index is 0.00861. The lowest BCUT2D eigenvalue weighted by molar-refractivity contribution is 0.443. The van der Waals surface area contributed by atoms with Gasteiger partial charge in [0.1, 0.15) is 0 Å². The fourth-order valence-corrected chi connectivity index (χ4v) is 2.18. The second-order valence-corrected chi connectivity index (χ2v) is 4.76. The number of rotatable bonds is 4. The van der Waals surface area contributed by atoms with Crippen molar-refractivity contribution in [3.8, 4) is 0 Å². The Bertz CT molecular complexity index is 756. The van der Waals surface area contributed by atoms with Crippen molar-refractivity contribution >= 4 is 5.71 Å². The van der Waals surface area contributed by atoms with Gasteiger partial charge in [-0.1, -0.05) is 61.7 Å². The molecule has 0 bridgehead atoms. The SMILES string of the molecule is [2H]c1cc(C(=N)/C=C\C(=C)C([2H])([2H])[2H])c([2H])c([2H])c1C1([2H])CCCCC1. The maximum absolute atomic E-state index is 8.66. The van der Waals surface area contributed by atoms with Crippen LogP contribution in [0.1, 0.15) is 65.6 Å². The van der Waals surface area contributed by atoms with Crippen molar-refractivity contribution < 1.29 is 9.60 Å². The van der Waals surface area contributed by atoms with E-state index in [2.05, 4.69) is 6.58 Å². The minimum atomic E-state index is -2.36. The molecule has 1 aliphatic carbocycles. The van der Waals surface area contributed by atoms with Crippen molar-refractivity contribution in [1.29, 1.82) is 5.41 Å². The number of allylic oxidation sites excluding steroid dienone is 3. The van der Waals surface area contributed by atoms with Crippen molar-refractivity contribution in [2.45, 2.75) is 44.8 Å². The first-order valence-corrected chi connectivity index (χ1v) is 6.55. The van der Waals surface area contributed by atoms with Crippen LogP contribution in [-0.2, 0) is 0 Å². The molecule has 1 saturated carbocycles. The predicted molar refractivity (Wildman–Crippen MR) is 83.1 cm³/mol. The van der Waals surface area contributed by atoms with Crippen molar-refractivity contribution in [2.24, 2.45) is 0 Å². The monoisotopic (exact) mass is 260 g/mol. The molecule has 0 spiro atoms. The van der Waals surface area contributed by atoms with Gasteiger partial charge in [-0.25, -0.2) is 0 Å². The van der Waals surface area contributed by atoms with Gasteiger partial charge in [-0.15, -0.1) is 0 Å². The van der Waals surface area contributed by atoms with Crippen LogP contribution in [0.3, 0.4) is 0 Å². The van der Waals surface area contributed by atoms with Gasteiger partial charge in [0.2, 0.25) is 0 Å². The molecule has 2 rings (SSSR count). The molecule has 0 saturated heterocycles. The van der Waals surface area contributed by atoms with Gasteiger partial charge in [-0.05, 0) is 42.8 Å². The first-order chi connectivity index (χ1) is 12.0. The Morgan fingerprint density at radius 2 is 2.16 bits per heavy atom. The highest BCUT2D eigenvalue weighted by atomic mass is 14.4. The predicted octanol–water partition coefficient (Wildman–Crippen LogP) is 5.23. The lowest BCUT2D eigenvalue weighted by Crippen LogP contribution is -2.05. The highest BCUT2D eigenvalue weighted by Crippen LogP contribution is 2.32. The molecule has 0 atom stereocenters. The van der Waals surface area contributed by atoms with Gasteiger partial charge in [0.05, 0.1) is 9.82 Å². The van der Waals surface area contributed by atoms with E-state index in [-0.39, 0.29) is 40.5 Å². The zero-order chi connectivity index (χ0) is 19.7. The topological polar surface area (TPSA) is 23.9 Å². The third-order valence-corrected chi connectivity index (χ3v) is 3.24. The third-order valence-electron chi connectivity index (χ3n) is 3.24. The van der Waals surface area contributed by atoms with Crippen molar-refractivity contribution in [1.82, 2.24) is 0 Å². The van der Waals surface area contributed by atoms with Crippen LogP contribution in [0.2, 0.25) is 0 Å². The summed E-state index contributed by atoms with van der Waals surface area (Å²) in [6.45, 7) is 1.08. The zero-order valence-electron chi connectivity index (χ0n) is 18.0. The van der Waals surface area contributed by atoms with Crippen LogP contribution in [0.15, 0.2) is 48.5 Å². The average molecular weight is 260 g/mol. The molecule has 1 aromatic carbocycles. The van der Waals surface area contributed by atoms with E-state index in [1.54, 1.807) is 0 Å². The van der Waals surface area contributed by atoms with Gasteiger partial charge < -0.3 is 5.41 Å². The molecule has 0 unspecified atom stereocenters. The van der Waals surface area contributed by atoms with E-state index in [0.717, 1.165) is 19.3 Å². The first-order valence-electron chi connectivity index (χ1n) is 10.0. The van der Waals surface area contributed by atoms with E-state index in [4.69, 9.17) is 15.0 Å². The lowest BCUT2D eigenvalue weighted by atomic mass is 9.84. The summed E-state index contributed by atoms with van der Waals surface area (Å²) in [5.41, 5.74) is 0.0546. The smallest absolute Gasteiger partial charge is 0.0630 e. The van der Waals surface area contributed by atoms with Crippen LogP contribution in [-0.4, -0.2) is 5.71 Å². The quantitative estimate of drug-likeness (QED) is 0.566. The largest absolute Gasteiger partial charge is 0.300 e. The molecule has 100 valence electrons. The molecule has 0 heterocycles. The highest BCUT2D eigenvalue weighted by molar-refractivity contribution is 6.06. The number of hydrogen-bond donors (Lipinski definition) is 1. The van der Waals surface area contributed by atoms with E-state index in [9.17, 15) is 0 Å². The van der Waals surface area contributed by atoms with E-state index in [1.165, 1.54) is 18.2 Å². The zero-order valence-corrected chi connectivity index (χ0v) is 11.0. The normalized spacial score (nSPS) is 24.3. The molecule has 19 heavy (non-hydrogen) atoms. The molecule has 1 fully saturated rings. The lowest BCUT2D eigenvalue weighted by Gasteiger charge is -2.22. The van der Waals surface area contributed by atoms with E-state index >= 15 is 0 Å². The van der Waals surface area contributed by atoms with Gasteiger partial charge in [-0.2, -0.15) is 0 Å². The van der Waals surface area contributed by atoms with Crippen LogP contribution in [0, 0.1) is 5.41 Å².